The molecule has 0 spiro atoms. The van der Waals surface area contributed by atoms with Gasteiger partial charge in [-0.05, 0) is 74.5 Å². The first-order chi connectivity index (χ1) is 15.9. The predicted octanol–water partition coefficient (Wildman–Crippen LogP) is 5.28. The van der Waals surface area contributed by atoms with Crippen LogP contribution in [-0.2, 0) is 6.42 Å². The molecule has 0 unspecified atom stereocenters. The third-order valence-electron chi connectivity index (χ3n) is 6.38. The minimum absolute atomic E-state index is 0.365. The molecule has 3 N–H and O–H groups in total. The standard InChI is InChI=1S/C26H34N6S/c1-5-18-10-8-9-17(2)23(18)30-26(33)28-20-15-13-19(14-16-20)27-25-29-22-12-7-6-11-21(22)24(31-25)32(3)4/h6-12,19-20H,5,13-16H2,1-4H3,(H,27,29,31)(H2,28,30,33). The van der Waals surface area contributed by atoms with E-state index in [1.807, 2.05) is 37.2 Å². The van der Waals surface area contributed by atoms with Crippen molar-refractivity contribution >= 4 is 45.7 Å². The molecule has 4 rings (SSSR count). The van der Waals surface area contributed by atoms with Crippen LogP contribution in [0.1, 0.15) is 43.7 Å². The Labute approximate surface area is 202 Å². The van der Waals surface area contributed by atoms with Crippen molar-refractivity contribution < 1.29 is 0 Å². The molecule has 33 heavy (non-hydrogen) atoms. The first kappa shape index (κ1) is 23.2. The number of para-hydroxylation sites is 2. The maximum absolute atomic E-state index is 5.64. The predicted molar refractivity (Wildman–Crippen MR) is 143 cm³/mol. The van der Waals surface area contributed by atoms with Gasteiger partial charge in [-0.15, -0.1) is 0 Å². The zero-order chi connectivity index (χ0) is 23.4. The third-order valence-corrected chi connectivity index (χ3v) is 6.60. The summed E-state index contributed by atoms with van der Waals surface area (Å²) in [4.78, 5) is 11.6. The molecule has 0 amide bonds. The number of anilines is 3. The van der Waals surface area contributed by atoms with Gasteiger partial charge in [0.05, 0.1) is 5.52 Å². The fourth-order valence-electron chi connectivity index (χ4n) is 4.57. The molecule has 1 aliphatic carbocycles. The van der Waals surface area contributed by atoms with Crippen molar-refractivity contribution in [3.8, 4) is 0 Å². The van der Waals surface area contributed by atoms with Gasteiger partial charge in [0, 0.05) is 37.3 Å². The Morgan fingerprint density at radius 1 is 1.00 bits per heavy atom. The Balaban J connectivity index is 1.34. The van der Waals surface area contributed by atoms with Crippen LogP contribution >= 0.6 is 12.2 Å². The number of nitrogens with zero attached hydrogens (tertiary/aromatic N) is 3. The van der Waals surface area contributed by atoms with Crippen molar-refractivity contribution in [3.05, 3.63) is 53.6 Å². The molecule has 0 bridgehead atoms. The van der Waals surface area contributed by atoms with Crippen molar-refractivity contribution in [3.63, 3.8) is 0 Å². The smallest absolute Gasteiger partial charge is 0.225 e. The van der Waals surface area contributed by atoms with E-state index in [-0.39, 0.29) is 0 Å². The number of benzene rings is 2. The van der Waals surface area contributed by atoms with Crippen LogP contribution in [0.2, 0.25) is 0 Å². The van der Waals surface area contributed by atoms with Crippen LogP contribution in [0, 0.1) is 6.92 Å². The van der Waals surface area contributed by atoms with Gasteiger partial charge in [0.15, 0.2) is 5.11 Å². The van der Waals surface area contributed by atoms with E-state index in [2.05, 4.69) is 54.1 Å². The zero-order valence-electron chi connectivity index (χ0n) is 20.0. The quantitative estimate of drug-likeness (QED) is 0.431. The molecule has 0 radical (unpaired) electrons. The lowest BCUT2D eigenvalue weighted by Crippen LogP contribution is -2.42. The molecular formula is C26H34N6S. The molecule has 2 aromatic carbocycles. The van der Waals surface area contributed by atoms with Crippen molar-refractivity contribution in [2.24, 2.45) is 0 Å². The molecule has 0 saturated heterocycles. The van der Waals surface area contributed by atoms with Crippen molar-refractivity contribution in [2.45, 2.75) is 58.0 Å². The van der Waals surface area contributed by atoms with Gasteiger partial charge in [-0.3, -0.25) is 0 Å². The second-order valence-electron chi connectivity index (χ2n) is 9.04. The van der Waals surface area contributed by atoms with Crippen LogP contribution in [0.25, 0.3) is 10.9 Å². The topological polar surface area (TPSA) is 65.1 Å². The first-order valence-corrected chi connectivity index (χ1v) is 12.2. The number of hydrogen-bond donors (Lipinski definition) is 3. The van der Waals surface area contributed by atoms with E-state index in [4.69, 9.17) is 22.2 Å². The van der Waals surface area contributed by atoms with Crippen molar-refractivity contribution in [2.75, 3.05) is 29.6 Å². The van der Waals surface area contributed by atoms with Crippen LogP contribution in [0.15, 0.2) is 42.5 Å². The molecule has 1 fully saturated rings. The molecule has 1 aliphatic rings. The summed E-state index contributed by atoms with van der Waals surface area (Å²) in [5.74, 6) is 1.65. The van der Waals surface area contributed by atoms with Crippen LogP contribution in [-0.4, -0.2) is 41.3 Å². The zero-order valence-corrected chi connectivity index (χ0v) is 20.8. The van der Waals surface area contributed by atoms with Crippen LogP contribution < -0.4 is 20.9 Å². The Hall–Kier alpha value is -2.93. The van der Waals surface area contributed by atoms with Gasteiger partial charge >= 0.3 is 0 Å². The van der Waals surface area contributed by atoms with E-state index in [0.717, 1.165) is 54.5 Å². The average molecular weight is 463 g/mol. The summed E-state index contributed by atoms with van der Waals surface area (Å²) in [5.41, 5.74) is 4.62. The molecule has 1 heterocycles. The lowest BCUT2D eigenvalue weighted by Gasteiger charge is -2.31. The molecular weight excluding hydrogens is 428 g/mol. The molecule has 1 aromatic heterocycles. The number of fused-ring (bicyclic) bond motifs is 1. The Morgan fingerprint density at radius 2 is 1.73 bits per heavy atom. The van der Waals surface area contributed by atoms with E-state index in [1.54, 1.807) is 0 Å². The van der Waals surface area contributed by atoms with Gasteiger partial charge in [0.2, 0.25) is 5.95 Å². The average Bonchev–Trinajstić information content (AvgIpc) is 2.81. The molecule has 174 valence electrons. The van der Waals surface area contributed by atoms with E-state index in [9.17, 15) is 0 Å². The van der Waals surface area contributed by atoms with Crippen LogP contribution in [0.4, 0.5) is 17.5 Å². The third kappa shape index (κ3) is 5.53. The highest BCUT2D eigenvalue weighted by molar-refractivity contribution is 7.80. The van der Waals surface area contributed by atoms with Crippen LogP contribution in [0.5, 0.6) is 0 Å². The summed E-state index contributed by atoms with van der Waals surface area (Å²) >= 11 is 5.64. The molecule has 7 heteroatoms. The Kier molecular flexibility index (Phi) is 7.28. The number of aryl methyl sites for hydroxylation is 2. The summed E-state index contributed by atoms with van der Waals surface area (Å²) in [5, 5.41) is 12.3. The SMILES string of the molecule is CCc1cccc(C)c1NC(=S)NC1CCC(Nc2nc(N(C)C)c3ccccc3n2)CC1. The summed E-state index contributed by atoms with van der Waals surface area (Å²) in [6.45, 7) is 4.29. The Bertz CT molecular complexity index is 1120. The van der Waals surface area contributed by atoms with Gasteiger partial charge < -0.3 is 20.9 Å². The van der Waals surface area contributed by atoms with Gasteiger partial charge in [0.1, 0.15) is 5.82 Å². The van der Waals surface area contributed by atoms with Gasteiger partial charge in [0.25, 0.3) is 0 Å². The number of hydrogen-bond acceptors (Lipinski definition) is 5. The minimum Gasteiger partial charge on any atom is -0.362 e. The van der Waals surface area contributed by atoms with Crippen LogP contribution in [0.3, 0.4) is 0 Å². The minimum atomic E-state index is 0.365. The van der Waals surface area contributed by atoms with E-state index >= 15 is 0 Å². The maximum Gasteiger partial charge on any atom is 0.225 e. The second-order valence-corrected chi connectivity index (χ2v) is 9.44. The van der Waals surface area contributed by atoms with Gasteiger partial charge in [-0.25, -0.2) is 4.98 Å². The first-order valence-electron chi connectivity index (χ1n) is 11.8. The molecule has 0 aliphatic heterocycles. The highest BCUT2D eigenvalue weighted by atomic mass is 32.1. The molecule has 0 atom stereocenters. The number of nitrogens with one attached hydrogen (secondary N) is 3. The summed E-state index contributed by atoms with van der Waals surface area (Å²) < 4.78 is 0. The van der Waals surface area contributed by atoms with E-state index in [0.29, 0.717) is 23.1 Å². The number of aromatic nitrogens is 2. The van der Waals surface area contributed by atoms with Crippen molar-refractivity contribution in [1.82, 2.24) is 15.3 Å². The summed E-state index contributed by atoms with van der Waals surface area (Å²) in [7, 11) is 4.04. The molecule has 1 saturated carbocycles. The highest BCUT2D eigenvalue weighted by Gasteiger charge is 2.23. The van der Waals surface area contributed by atoms with Gasteiger partial charge in [-0.2, -0.15) is 4.98 Å². The molecule has 6 nitrogen and oxygen atoms in total. The normalized spacial score (nSPS) is 18.1. The lowest BCUT2D eigenvalue weighted by atomic mass is 9.91. The maximum atomic E-state index is 5.64. The number of rotatable bonds is 6. The van der Waals surface area contributed by atoms with E-state index < -0.39 is 0 Å². The lowest BCUT2D eigenvalue weighted by molar-refractivity contribution is 0.387. The summed E-state index contributed by atoms with van der Waals surface area (Å²) in [6, 6.07) is 15.3. The van der Waals surface area contributed by atoms with Gasteiger partial charge in [-0.1, -0.05) is 37.3 Å². The van der Waals surface area contributed by atoms with Crippen molar-refractivity contribution in [1.29, 1.82) is 0 Å². The fourth-order valence-corrected chi connectivity index (χ4v) is 4.84. The largest absolute Gasteiger partial charge is 0.362 e. The second kappa shape index (κ2) is 10.3. The highest BCUT2D eigenvalue weighted by Crippen LogP contribution is 2.27. The van der Waals surface area contributed by atoms with E-state index in [1.165, 1.54) is 11.1 Å². The summed E-state index contributed by atoms with van der Waals surface area (Å²) in [6.07, 6.45) is 5.20. The monoisotopic (exact) mass is 462 g/mol. The Morgan fingerprint density at radius 3 is 2.45 bits per heavy atom. The molecule has 3 aromatic rings. The fraction of sp³-hybridized carbons (Fsp3) is 0.423. The number of thiocarbonyl (C=S) groups is 1.